The third-order valence-electron chi connectivity index (χ3n) is 3.36. The van der Waals surface area contributed by atoms with Gasteiger partial charge in [-0.2, -0.15) is 0 Å². The van der Waals surface area contributed by atoms with Crippen LogP contribution < -0.4 is 5.32 Å². The van der Waals surface area contributed by atoms with Crippen LogP contribution in [0.2, 0.25) is 0 Å². The van der Waals surface area contributed by atoms with Gasteiger partial charge in [0.2, 0.25) is 0 Å². The lowest BCUT2D eigenvalue weighted by Crippen LogP contribution is -2.28. The average Bonchev–Trinajstić information content (AvgIpc) is 2.46. The molecule has 0 bridgehead atoms. The highest BCUT2D eigenvalue weighted by atomic mass is 79.9. The van der Waals surface area contributed by atoms with Crippen molar-refractivity contribution in [1.82, 2.24) is 5.32 Å². The molecule has 0 fully saturated rings. The maximum atomic E-state index is 5.70. The summed E-state index contributed by atoms with van der Waals surface area (Å²) in [6.45, 7) is 7.69. The fourth-order valence-corrected chi connectivity index (χ4v) is 2.40. The second-order valence-corrected chi connectivity index (χ2v) is 6.47. The molecule has 0 aromatic heterocycles. The van der Waals surface area contributed by atoms with Crippen LogP contribution in [0.3, 0.4) is 0 Å². The first-order valence-electron chi connectivity index (χ1n) is 7.69. The number of nitrogens with one attached hydrogen (secondary N) is 1. The van der Waals surface area contributed by atoms with E-state index in [1.807, 2.05) is 0 Å². The van der Waals surface area contributed by atoms with Crippen molar-refractivity contribution in [3.05, 3.63) is 34.3 Å². The maximum Gasteiger partial charge on any atom is 0.0487 e. The molecule has 1 atom stereocenters. The highest BCUT2D eigenvalue weighted by Crippen LogP contribution is 2.21. The molecule has 0 amide bonds. The summed E-state index contributed by atoms with van der Waals surface area (Å²) in [4.78, 5) is 0. The zero-order valence-electron chi connectivity index (χ0n) is 13.4. The van der Waals surface area contributed by atoms with E-state index in [0.717, 1.165) is 43.7 Å². The van der Waals surface area contributed by atoms with E-state index in [1.54, 1.807) is 7.11 Å². The topological polar surface area (TPSA) is 30.5 Å². The Morgan fingerprint density at radius 3 is 2.43 bits per heavy atom. The van der Waals surface area contributed by atoms with E-state index in [0.29, 0.717) is 12.0 Å². The summed E-state index contributed by atoms with van der Waals surface area (Å²) in [6.07, 6.45) is 2.00. The summed E-state index contributed by atoms with van der Waals surface area (Å²) in [5.41, 5.74) is 1.37. The van der Waals surface area contributed by atoms with Gasteiger partial charge in [-0.05, 0) is 36.5 Å². The highest BCUT2D eigenvalue weighted by molar-refractivity contribution is 9.10. The molecule has 0 aliphatic rings. The molecule has 1 aromatic carbocycles. The summed E-state index contributed by atoms with van der Waals surface area (Å²) < 4.78 is 11.8. The molecule has 3 nitrogen and oxygen atoms in total. The number of ether oxygens (including phenoxy) is 2. The van der Waals surface area contributed by atoms with E-state index in [-0.39, 0.29) is 0 Å². The Labute approximate surface area is 137 Å². The Bertz CT molecular complexity index is 368. The Morgan fingerprint density at radius 1 is 1.10 bits per heavy atom. The van der Waals surface area contributed by atoms with E-state index in [9.17, 15) is 0 Å². The van der Waals surface area contributed by atoms with Gasteiger partial charge < -0.3 is 14.8 Å². The summed E-state index contributed by atoms with van der Waals surface area (Å²) >= 11 is 3.49. The first-order valence-corrected chi connectivity index (χ1v) is 8.48. The van der Waals surface area contributed by atoms with Gasteiger partial charge in [0.15, 0.2) is 0 Å². The quantitative estimate of drug-likeness (QED) is 0.607. The third kappa shape index (κ3) is 8.57. The van der Waals surface area contributed by atoms with Crippen molar-refractivity contribution in [3.63, 3.8) is 0 Å². The van der Waals surface area contributed by atoms with Crippen molar-refractivity contribution in [1.29, 1.82) is 0 Å². The van der Waals surface area contributed by atoms with Crippen LogP contribution >= 0.6 is 15.9 Å². The molecule has 0 saturated heterocycles. The molecule has 1 N–H and O–H groups in total. The molecule has 0 radical (unpaired) electrons. The van der Waals surface area contributed by atoms with E-state index < -0.39 is 0 Å². The Balaban J connectivity index is 2.42. The SMILES string of the molecule is COCCCOCCC(CNC(C)C)c1ccc(Br)cc1. The fourth-order valence-electron chi connectivity index (χ4n) is 2.13. The largest absolute Gasteiger partial charge is 0.385 e. The first kappa shape index (κ1) is 18.6. The Morgan fingerprint density at radius 2 is 1.81 bits per heavy atom. The van der Waals surface area contributed by atoms with Crippen molar-refractivity contribution >= 4 is 15.9 Å². The Kier molecular flexibility index (Phi) is 9.92. The van der Waals surface area contributed by atoms with E-state index >= 15 is 0 Å². The lowest BCUT2D eigenvalue weighted by atomic mass is 9.96. The second-order valence-electron chi connectivity index (χ2n) is 5.56. The molecular formula is C17H28BrNO2. The summed E-state index contributed by atoms with van der Waals surface area (Å²) in [5, 5.41) is 3.53. The smallest absolute Gasteiger partial charge is 0.0487 e. The molecule has 1 unspecified atom stereocenters. The average molecular weight is 358 g/mol. The molecule has 0 saturated carbocycles. The lowest BCUT2D eigenvalue weighted by molar-refractivity contribution is 0.0979. The molecule has 1 rings (SSSR count). The van der Waals surface area contributed by atoms with E-state index in [4.69, 9.17) is 9.47 Å². The molecule has 120 valence electrons. The molecule has 4 heteroatoms. The third-order valence-corrected chi connectivity index (χ3v) is 3.89. The summed E-state index contributed by atoms with van der Waals surface area (Å²) in [6, 6.07) is 9.11. The van der Waals surface area contributed by atoms with Gasteiger partial charge in [0, 0.05) is 44.0 Å². The monoisotopic (exact) mass is 357 g/mol. The number of rotatable bonds is 11. The van der Waals surface area contributed by atoms with Crippen LogP contribution in [-0.2, 0) is 9.47 Å². The van der Waals surface area contributed by atoms with Gasteiger partial charge in [0.25, 0.3) is 0 Å². The van der Waals surface area contributed by atoms with Gasteiger partial charge in [-0.15, -0.1) is 0 Å². The van der Waals surface area contributed by atoms with Crippen LogP contribution in [0.4, 0.5) is 0 Å². The zero-order chi connectivity index (χ0) is 15.5. The normalized spacial score (nSPS) is 12.8. The number of methoxy groups -OCH3 is 1. The minimum absolute atomic E-state index is 0.489. The van der Waals surface area contributed by atoms with E-state index in [1.165, 1.54) is 5.56 Å². The molecule has 0 heterocycles. The van der Waals surface area contributed by atoms with Gasteiger partial charge in [0.1, 0.15) is 0 Å². The fraction of sp³-hybridized carbons (Fsp3) is 0.647. The van der Waals surface area contributed by atoms with Gasteiger partial charge in [0.05, 0.1) is 0 Å². The van der Waals surface area contributed by atoms with Crippen molar-refractivity contribution in [2.75, 3.05) is 33.5 Å². The predicted molar refractivity (Wildman–Crippen MR) is 92.0 cm³/mol. The first-order chi connectivity index (χ1) is 10.1. The molecular weight excluding hydrogens is 330 g/mol. The number of halogens is 1. The summed E-state index contributed by atoms with van der Waals surface area (Å²) in [5.74, 6) is 0.489. The van der Waals surface area contributed by atoms with Crippen LogP contribution in [0.15, 0.2) is 28.7 Å². The van der Waals surface area contributed by atoms with Crippen LogP contribution in [0.1, 0.15) is 38.2 Å². The number of hydrogen-bond donors (Lipinski definition) is 1. The van der Waals surface area contributed by atoms with Crippen molar-refractivity contribution in [3.8, 4) is 0 Å². The lowest BCUT2D eigenvalue weighted by Gasteiger charge is -2.20. The van der Waals surface area contributed by atoms with Crippen LogP contribution in [0, 0.1) is 0 Å². The minimum atomic E-state index is 0.489. The van der Waals surface area contributed by atoms with Crippen molar-refractivity contribution in [2.24, 2.45) is 0 Å². The standard InChI is InChI=1S/C17H28BrNO2/c1-14(2)19-13-16(9-12-21-11-4-10-20-3)15-5-7-17(18)8-6-15/h5-8,14,16,19H,4,9-13H2,1-3H3. The number of hydrogen-bond acceptors (Lipinski definition) is 3. The highest BCUT2D eigenvalue weighted by Gasteiger charge is 2.12. The zero-order valence-corrected chi connectivity index (χ0v) is 15.0. The molecule has 0 aliphatic carbocycles. The maximum absolute atomic E-state index is 5.70. The Hall–Kier alpha value is -0.420. The second kappa shape index (κ2) is 11.2. The summed E-state index contributed by atoms with van der Waals surface area (Å²) in [7, 11) is 1.72. The number of benzene rings is 1. The van der Waals surface area contributed by atoms with Crippen molar-refractivity contribution in [2.45, 2.75) is 38.6 Å². The van der Waals surface area contributed by atoms with Gasteiger partial charge in [-0.3, -0.25) is 0 Å². The van der Waals surface area contributed by atoms with Crippen LogP contribution in [0.5, 0.6) is 0 Å². The van der Waals surface area contributed by atoms with Gasteiger partial charge in [-0.1, -0.05) is 41.9 Å². The van der Waals surface area contributed by atoms with Gasteiger partial charge >= 0.3 is 0 Å². The molecule has 0 aliphatic heterocycles. The van der Waals surface area contributed by atoms with Crippen molar-refractivity contribution < 1.29 is 9.47 Å². The van der Waals surface area contributed by atoms with Crippen LogP contribution in [0.25, 0.3) is 0 Å². The molecule has 21 heavy (non-hydrogen) atoms. The van der Waals surface area contributed by atoms with Crippen LogP contribution in [-0.4, -0.2) is 39.5 Å². The predicted octanol–water partition coefficient (Wildman–Crippen LogP) is 3.97. The molecule has 0 spiro atoms. The van der Waals surface area contributed by atoms with E-state index in [2.05, 4.69) is 59.4 Å². The van der Waals surface area contributed by atoms with Gasteiger partial charge in [-0.25, -0.2) is 0 Å². The minimum Gasteiger partial charge on any atom is -0.385 e. The molecule has 1 aromatic rings.